The molecule has 1 saturated carbocycles. The van der Waals surface area contributed by atoms with Crippen LogP contribution < -0.4 is 5.32 Å². The molecule has 1 saturated heterocycles. The first-order valence-electron chi connectivity index (χ1n) is 7.03. The van der Waals surface area contributed by atoms with Crippen LogP contribution in [-0.4, -0.2) is 18.9 Å². The van der Waals surface area contributed by atoms with E-state index in [2.05, 4.69) is 26.1 Å². The maximum Gasteiger partial charge on any atom is 0.119 e. The highest BCUT2D eigenvalue weighted by Gasteiger charge is 2.42. The first-order valence-corrected chi connectivity index (χ1v) is 7.03. The van der Waals surface area contributed by atoms with Gasteiger partial charge in [0.05, 0.1) is 6.61 Å². The maximum absolute atomic E-state index is 6.24. The smallest absolute Gasteiger partial charge is 0.119 e. The highest BCUT2D eigenvalue weighted by Crippen LogP contribution is 2.39. The van der Waals surface area contributed by atoms with Crippen LogP contribution in [0, 0.1) is 11.3 Å². The van der Waals surface area contributed by atoms with Crippen LogP contribution in [0.3, 0.4) is 0 Å². The molecule has 1 spiro atoms. The number of rotatable bonds is 2. The van der Waals surface area contributed by atoms with Crippen molar-refractivity contribution < 1.29 is 4.74 Å². The van der Waals surface area contributed by atoms with E-state index in [0.29, 0.717) is 5.41 Å². The summed E-state index contributed by atoms with van der Waals surface area (Å²) in [5, 5.41) is 3.73. The molecule has 1 aliphatic carbocycles. The van der Waals surface area contributed by atoms with Crippen LogP contribution in [-0.2, 0) is 4.74 Å². The Labute approximate surface area is 100 Å². The van der Waals surface area contributed by atoms with Crippen molar-refractivity contribution in [3.05, 3.63) is 0 Å². The molecule has 2 nitrogen and oxygen atoms in total. The summed E-state index contributed by atoms with van der Waals surface area (Å²) in [6.07, 6.45) is 7.50. The highest BCUT2D eigenvalue weighted by molar-refractivity contribution is 4.93. The molecule has 0 radical (unpaired) electrons. The van der Waals surface area contributed by atoms with Gasteiger partial charge in [-0.1, -0.05) is 20.8 Å². The van der Waals surface area contributed by atoms with E-state index in [0.717, 1.165) is 19.1 Å². The molecule has 0 atom stereocenters. The molecule has 16 heavy (non-hydrogen) atoms. The van der Waals surface area contributed by atoms with E-state index in [9.17, 15) is 0 Å². The zero-order chi connectivity index (χ0) is 11.6. The summed E-state index contributed by atoms with van der Waals surface area (Å²) in [5.41, 5.74) is 0.439. The largest absolute Gasteiger partial charge is 0.360 e. The van der Waals surface area contributed by atoms with Gasteiger partial charge in [0.2, 0.25) is 0 Å². The van der Waals surface area contributed by atoms with Gasteiger partial charge >= 0.3 is 0 Å². The molecule has 1 N–H and O–H groups in total. The molecule has 1 heterocycles. The first-order chi connectivity index (χ1) is 7.64. The third-order valence-electron chi connectivity index (χ3n) is 5.02. The predicted octanol–water partition coefficient (Wildman–Crippen LogP) is 3.32. The van der Waals surface area contributed by atoms with E-state index in [1.54, 1.807) is 0 Å². The predicted molar refractivity (Wildman–Crippen MR) is 67.3 cm³/mol. The van der Waals surface area contributed by atoms with Crippen molar-refractivity contribution in [3.8, 4) is 0 Å². The van der Waals surface area contributed by atoms with E-state index < -0.39 is 0 Å². The molecule has 0 unspecified atom stereocenters. The van der Waals surface area contributed by atoms with Crippen molar-refractivity contribution in [2.24, 2.45) is 11.3 Å². The fourth-order valence-electron chi connectivity index (χ4n) is 3.00. The Hall–Kier alpha value is -0.0800. The standard InChI is InChI=1S/C14H27NO/c1-4-13(5-2)10-15-14(16-11-13)8-6-12(3)7-9-14/h12,15H,4-11H2,1-3H3. The Balaban J connectivity index is 1.93. The number of hydrogen-bond donors (Lipinski definition) is 1. The topological polar surface area (TPSA) is 21.3 Å². The van der Waals surface area contributed by atoms with Crippen molar-refractivity contribution in [2.75, 3.05) is 13.2 Å². The van der Waals surface area contributed by atoms with Crippen molar-refractivity contribution in [1.82, 2.24) is 5.32 Å². The van der Waals surface area contributed by atoms with Gasteiger partial charge in [0.1, 0.15) is 5.72 Å². The van der Waals surface area contributed by atoms with E-state index in [4.69, 9.17) is 4.74 Å². The SMILES string of the molecule is CCC1(CC)CNC2(CCC(C)CC2)OC1. The lowest BCUT2D eigenvalue weighted by molar-refractivity contribution is -0.166. The maximum atomic E-state index is 6.24. The van der Waals surface area contributed by atoms with Crippen LogP contribution in [0.1, 0.15) is 59.3 Å². The van der Waals surface area contributed by atoms with Gasteiger partial charge in [-0.05, 0) is 44.4 Å². The average molecular weight is 225 g/mol. The summed E-state index contributed by atoms with van der Waals surface area (Å²) >= 11 is 0. The van der Waals surface area contributed by atoms with Crippen molar-refractivity contribution in [1.29, 1.82) is 0 Å². The minimum absolute atomic E-state index is 0.0420. The Morgan fingerprint density at radius 1 is 1.19 bits per heavy atom. The van der Waals surface area contributed by atoms with Gasteiger partial charge in [0.25, 0.3) is 0 Å². The van der Waals surface area contributed by atoms with Crippen LogP contribution in [0.4, 0.5) is 0 Å². The molecule has 2 heteroatoms. The van der Waals surface area contributed by atoms with Crippen molar-refractivity contribution in [3.63, 3.8) is 0 Å². The van der Waals surface area contributed by atoms with Gasteiger partial charge in [-0.25, -0.2) is 0 Å². The average Bonchev–Trinajstić information content (AvgIpc) is 2.35. The molecule has 0 aromatic rings. The zero-order valence-electron chi connectivity index (χ0n) is 11.1. The van der Waals surface area contributed by atoms with Gasteiger partial charge in [0.15, 0.2) is 0 Å². The second kappa shape index (κ2) is 4.66. The van der Waals surface area contributed by atoms with E-state index >= 15 is 0 Å². The molecule has 0 aromatic carbocycles. The fourth-order valence-corrected chi connectivity index (χ4v) is 3.00. The Bertz CT molecular complexity index is 215. The van der Waals surface area contributed by atoms with Crippen LogP contribution >= 0.6 is 0 Å². The normalized spacial score (nSPS) is 38.8. The van der Waals surface area contributed by atoms with Crippen LogP contribution in [0.2, 0.25) is 0 Å². The minimum Gasteiger partial charge on any atom is -0.360 e. The lowest BCUT2D eigenvalue weighted by atomic mass is 9.78. The van der Waals surface area contributed by atoms with E-state index in [1.165, 1.54) is 38.5 Å². The van der Waals surface area contributed by atoms with Crippen LogP contribution in [0.25, 0.3) is 0 Å². The zero-order valence-corrected chi connectivity index (χ0v) is 11.1. The third-order valence-corrected chi connectivity index (χ3v) is 5.02. The molecule has 0 amide bonds. The second-order valence-corrected chi connectivity index (χ2v) is 6.03. The first kappa shape index (κ1) is 12.4. The molecular formula is C14H27NO. The number of hydrogen-bond acceptors (Lipinski definition) is 2. The highest BCUT2D eigenvalue weighted by atomic mass is 16.5. The quantitative estimate of drug-likeness (QED) is 0.778. The molecule has 2 fully saturated rings. The second-order valence-electron chi connectivity index (χ2n) is 6.03. The van der Waals surface area contributed by atoms with Gasteiger partial charge in [-0.2, -0.15) is 0 Å². The summed E-state index contributed by atoms with van der Waals surface area (Å²) in [7, 11) is 0. The summed E-state index contributed by atoms with van der Waals surface area (Å²) in [6.45, 7) is 9.04. The third kappa shape index (κ3) is 2.28. The Morgan fingerprint density at radius 3 is 2.25 bits per heavy atom. The lowest BCUT2D eigenvalue weighted by Crippen LogP contribution is -2.59. The van der Waals surface area contributed by atoms with Crippen LogP contribution in [0.15, 0.2) is 0 Å². The lowest BCUT2D eigenvalue weighted by Gasteiger charge is -2.49. The molecule has 0 bridgehead atoms. The Kier molecular flexibility index (Phi) is 3.60. The van der Waals surface area contributed by atoms with E-state index in [-0.39, 0.29) is 5.72 Å². The summed E-state index contributed by atoms with van der Waals surface area (Å²) in [4.78, 5) is 0. The van der Waals surface area contributed by atoms with Crippen molar-refractivity contribution in [2.45, 2.75) is 65.0 Å². The molecule has 94 valence electrons. The number of ether oxygens (including phenoxy) is 1. The summed E-state index contributed by atoms with van der Waals surface area (Å²) in [5.74, 6) is 0.889. The summed E-state index contributed by atoms with van der Waals surface area (Å²) in [6, 6.07) is 0. The van der Waals surface area contributed by atoms with Crippen molar-refractivity contribution >= 4 is 0 Å². The van der Waals surface area contributed by atoms with Gasteiger partial charge in [-0.15, -0.1) is 0 Å². The molecule has 2 aliphatic rings. The van der Waals surface area contributed by atoms with Gasteiger partial charge in [0, 0.05) is 12.0 Å². The number of nitrogens with one attached hydrogen (secondary N) is 1. The monoisotopic (exact) mass is 225 g/mol. The molecule has 0 aromatic heterocycles. The minimum atomic E-state index is 0.0420. The molecule has 1 aliphatic heterocycles. The van der Waals surface area contributed by atoms with Gasteiger partial charge in [-0.3, -0.25) is 5.32 Å². The fraction of sp³-hybridized carbons (Fsp3) is 1.00. The molecular weight excluding hydrogens is 198 g/mol. The van der Waals surface area contributed by atoms with Gasteiger partial charge < -0.3 is 4.74 Å². The Morgan fingerprint density at radius 2 is 1.81 bits per heavy atom. The van der Waals surface area contributed by atoms with Crippen LogP contribution in [0.5, 0.6) is 0 Å². The molecule has 2 rings (SSSR count). The summed E-state index contributed by atoms with van der Waals surface area (Å²) < 4.78 is 6.24. The van der Waals surface area contributed by atoms with E-state index in [1.807, 2.05) is 0 Å².